The van der Waals surface area contributed by atoms with E-state index >= 15 is 0 Å². The van der Waals surface area contributed by atoms with Gasteiger partial charge in [-0.25, -0.2) is 4.39 Å². The second-order valence-electron chi connectivity index (χ2n) is 4.31. The summed E-state index contributed by atoms with van der Waals surface area (Å²) in [7, 11) is 1.37. The molecule has 0 saturated carbocycles. The van der Waals surface area contributed by atoms with Crippen molar-refractivity contribution >= 4 is 5.91 Å². The molecule has 0 aliphatic carbocycles. The third-order valence-electron chi connectivity index (χ3n) is 2.38. The molecule has 2 nitrogen and oxygen atoms in total. The van der Waals surface area contributed by atoms with Crippen LogP contribution in [0.15, 0.2) is 30.4 Å². The fourth-order valence-electron chi connectivity index (χ4n) is 1.55. The molecule has 104 valence electrons. The van der Waals surface area contributed by atoms with Crippen LogP contribution >= 0.6 is 0 Å². The van der Waals surface area contributed by atoms with Gasteiger partial charge in [-0.2, -0.15) is 13.2 Å². The number of likely N-dealkylation sites (N-methyl/N-ethyl adjacent to an activating group) is 1. The zero-order valence-electron chi connectivity index (χ0n) is 10.5. The Hall–Kier alpha value is -1.85. The van der Waals surface area contributed by atoms with Crippen LogP contribution in [0.3, 0.4) is 0 Å². The number of carbonyl (C=O) groups excluding carboxylic acids is 1. The topological polar surface area (TPSA) is 20.3 Å². The summed E-state index contributed by atoms with van der Waals surface area (Å²) in [6.45, 7) is 5.39. The Morgan fingerprint density at radius 2 is 1.95 bits per heavy atom. The Bertz CT molecular complexity index is 508. The second-order valence-corrected chi connectivity index (χ2v) is 4.31. The van der Waals surface area contributed by atoms with Gasteiger partial charge < -0.3 is 4.90 Å². The van der Waals surface area contributed by atoms with Crippen molar-refractivity contribution in [1.82, 2.24) is 4.90 Å². The highest BCUT2D eigenvalue weighted by molar-refractivity contribution is 5.94. The molecule has 0 spiro atoms. The molecular formula is C13H13F4NO. The maximum Gasteiger partial charge on any atom is 0.416 e. The molecule has 0 aliphatic heterocycles. The van der Waals surface area contributed by atoms with Crippen LogP contribution in [-0.4, -0.2) is 24.4 Å². The lowest BCUT2D eigenvalue weighted by Gasteiger charge is -2.18. The van der Waals surface area contributed by atoms with Gasteiger partial charge in [0.1, 0.15) is 5.82 Å². The predicted octanol–water partition coefficient (Wildman–Crippen LogP) is 3.49. The number of hydrogen-bond donors (Lipinski definition) is 0. The number of halogens is 4. The Balaban J connectivity index is 3.12. The molecule has 1 aromatic carbocycles. The number of amides is 1. The smallest absolute Gasteiger partial charge is 0.338 e. The van der Waals surface area contributed by atoms with Crippen LogP contribution in [0.25, 0.3) is 0 Å². The lowest BCUT2D eigenvalue weighted by molar-refractivity contribution is -0.137. The molecule has 1 rings (SSSR count). The van der Waals surface area contributed by atoms with Gasteiger partial charge in [-0.15, -0.1) is 0 Å². The zero-order valence-corrected chi connectivity index (χ0v) is 10.5. The fourth-order valence-corrected chi connectivity index (χ4v) is 1.55. The van der Waals surface area contributed by atoms with Gasteiger partial charge in [-0.3, -0.25) is 4.79 Å². The van der Waals surface area contributed by atoms with Crippen LogP contribution in [0.4, 0.5) is 17.6 Å². The Morgan fingerprint density at radius 3 is 2.42 bits per heavy atom. The van der Waals surface area contributed by atoms with Crippen LogP contribution in [0, 0.1) is 5.82 Å². The van der Waals surface area contributed by atoms with E-state index in [1.807, 2.05) is 0 Å². The van der Waals surface area contributed by atoms with Crippen LogP contribution in [0.5, 0.6) is 0 Å². The van der Waals surface area contributed by atoms with Gasteiger partial charge in [0.2, 0.25) is 0 Å². The summed E-state index contributed by atoms with van der Waals surface area (Å²) in [6.07, 6.45) is -4.62. The highest BCUT2D eigenvalue weighted by Gasteiger charge is 2.32. The summed E-state index contributed by atoms with van der Waals surface area (Å²) in [6, 6.07) is 1.77. The summed E-state index contributed by atoms with van der Waals surface area (Å²) < 4.78 is 51.0. The number of nitrogens with zero attached hydrogens (tertiary/aromatic N) is 1. The first-order chi connectivity index (χ1) is 8.62. The molecule has 0 saturated heterocycles. The van der Waals surface area contributed by atoms with Gasteiger partial charge in [-0.05, 0) is 25.1 Å². The Labute approximate surface area is 108 Å². The third-order valence-corrected chi connectivity index (χ3v) is 2.38. The van der Waals surface area contributed by atoms with Crippen molar-refractivity contribution in [1.29, 1.82) is 0 Å². The maximum absolute atomic E-state index is 13.5. The van der Waals surface area contributed by atoms with Gasteiger partial charge in [0, 0.05) is 13.6 Å². The molecule has 0 aromatic heterocycles. The summed E-state index contributed by atoms with van der Waals surface area (Å²) in [5, 5.41) is 0. The van der Waals surface area contributed by atoms with Gasteiger partial charge in [0.25, 0.3) is 5.91 Å². The first-order valence-corrected chi connectivity index (χ1v) is 5.39. The lowest BCUT2D eigenvalue weighted by Crippen LogP contribution is -2.29. The van der Waals surface area contributed by atoms with Crippen molar-refractivity contribution < 1.29 is 22.4 Å². The molecule has 0 bridgehead atoms. The first-order valence-electron chi connectivity index (χ1n) is 5.39. The van der Waals surface area contributed by atoms with Gasteiger partial charge in [0.05, 0.1) is 11.1 Å². The highest BCUT2D eigenvalue weighted by Crippen LogP contribution is 2.30. The van der Waals surface area contributed by atoms with E-state index in [1.54, 1.807) is 6.92 Å². The minimum atomic E-state index is -4.62. The number of carbonyl (C=O) groups is 1. The molecule has 0 atom stereocenters. The molecule has 0 radical (unpaired) electrons. The quantitative estimate of drug-likeness (QED) is 0.611. The lowest BCUT2D eigenvalue weighted by atomic mass is 10.1. The van der Waals surface area contributed by atoms with E-state index in [9.17, 15) is 22.4 Å². The maximum atomic E-state index is 13.5. The fraction of sp³-hybridized carbons (Fsp3) is 0.308. The normalized spacial score (nSPS) is 11.3. The van der Waals surface area contributed by atoms with Gasteiger partial charge >= 0.3 is 6.18 Å². The van der Waals surface area contributed by atoms with E-state index in [0.29, 0.717) is 23.8 Å². The average Bonchev–Trinajstić information content (AvgIpc) is 2.26. The highest BCUT2D eigenvalue weighted by atomic mass is 19.4. The molecule has 0 N–H and O–H groups in total. The van der Waals surface area contributed by atoms with E-state index in [-0.39, 0.29) is 6.54 Å². The molecule has 1 amide bonds. The van der Waals surface area contributed by atoms with Crippen molar-refractivity contribution in [2.75, 3.05) is 13.6 Å². The van der Waals surface area contributed by atoms with E-state index in [4.69, 9.17) is 0 Å². The molecule has 0 unspecified atom stereocenters. The number of alkyl halides is 3. The van der Waals surface area contributed by atoms with Crippen LogP contribution < -0.4 is 0 Å². The molecule has 0 aliphatic rings. The van der Waals surface area contributed by atoms with Crippen LogP contribution in [0.2, 0.25) is 0 Å². The van der Waals surface area contributed by atoms with Crippen molar-refractivity contribution in [2.24, 2.45) is 0 Å². The first kappa shape index (κ1) is 15.2. The summed E-state index contributed by atoms with van der Waals surface area (Å²) in [5.41, 5.74) is -1.01. The molecule has 6 heteroatoms. The molecule has 1 aromatic rings. The number of hydrogen-bond acceptors (Lipinski definition) is 1. The largest absolute Gasteiger partial charge is 0.416 e. The number of benzene rings is 1. The zero-order chi connectivity index (χ0) is 14.8. The van der Waals surface area contributed by atoms with E-state index in [0.717, 1.165) is 4.90 Å². The number of rotatable bonds is 3. The Morgan fingerprint density at radius 1 is 1.37 bits per heavy atom. The van der Waals surface area contributed by atoms with Crippen LogP contribution in [0.1, 0.15) is 22.8 Å². The molecule has 19 heavy (non-hydrogen) atoms. The van der Waals surface area contributed by atoms with Gasteiger partial charge in [-0.1, -0.05) is 12.2 Å². The summed E-state index contributed by atoms with van der Waals surface area (Å²) in [5.74, 6) is -1.79. The molecular weight excluding hydrogens is 262 g/mol. The SMILES string of the molecule is C=C(C)CN(C)C(=O)c1cc(C(F)(F)F)ccc1F. The molecule has 0 heterocycles. The van der Waals surface area contributed by atoms with Crippen molar-refractivity contribution in [3.05, 3.63) is 47.3 Å². The minimum absolute atomic E-state index is 0.147. The second kappa shape index (κ2) is 5.42. The van der Waals surface area contributed by atoms with Crippen molar-refractivity contribution in [3.63, 3.8) is 0 Å². The summed E-state index contributed by atoms with van der Waals surface area (Å²) >= 11 is 0. The summed E-state index contributed by atoms with van der Waals surface area (Å²) in [4.78, 5) is 13.0. The van der Waals surface area contributed by atoms with E-state index in [1.165, 1.54) is 7.05 Å². The Kier molecular flexibility index (Phi) is 4.34. The third kappa shape index (κ3) is 3.81. The average molecular weight is 275 g/mol. The molecule has 0 fully saturated rings. The van der Waals surface area contributed by atoms with Crippen molar-refractivity contribution in [2.45, 2.75) is 13.1 Å². The van der Waals surface area contributed by atoms with Crippen LogP contribution in [-0.2, 0) is 6.18 Å². The van der Waals surface area contributed by atoms with Crippen molar-refractivity contribution in [3.8, 4) is 0 Å². The van der Waals surface area contributed by atoms with E-state index < -0.39 is 29.0 Å². The van der Waals surface area contributed by atoms with Gasteiger partial charge in [0.15, 0.2) is 0 Å². The predicted molar refractivity (Wildman–Crippen MR) is 63.2 cm³/mol. The van der Waals surface area contributed by atoms with E-state index in [2.05, 4.69) is 6.58 Å². The standard InChI is InChI=1S/C13H13F4NO/c1-8(2)7-18(3)12(19)10-6-9(13(15,16)17)4-5-11(10)14/h4-6H,1,7H2,2-3H3. The minimum Gasteiger partial charge on any atom is -0.338 e. The monoisotopic (exact) mass is 275 g/mol.